The second-order valence-electron chi connectivity index (χ2n) is 8.86. The van der Waals surface area contributed by atoms with E-state index in [4.69, 9.17) is 26.1 Å². The van der Waals surface area contributed by atoms with Crippen LogP contribution >= 0.6 is 11.6 Å². The lowest BCUT2D eigenvalue weighted by atomic mass is 10.1. The first-order chi connectivity index (χ1) is 17.0. The Bertz CT molecular complexity index is 1280. The summed E-state index contributed by atoms with van der Waals surface area (Å²) in [5.74, 6) is 0.943. The van der Waals surface area contributed by atoms with Gasteiger partial charge in [-0.2, -0.15) is 4.98 Å². The quantitative estimate of drug-likeness (QED) is 0.586. The number of nitrogens with one attached hydrogen (secondary N) is 1. The van der Waals surface area contributed by atoms with Crippen LogP contribution in [0, 0.1) is 6.92 Å². The molecule has 0 radical (unpaired) electrons. The molecule has 10 nitrogen and oxygen atoms in total. The third-order valence-corrected chi connectivity index (χ3v) is 6.74. The number of carbonyl (C=O) groups excluding carboxylic acids is 1. The number of amides is 2. The van der Waals surface area contributed by atoms with Gasteiger partial charge in [0.1, 0.15) is 11.9 Å². The Morgan fingerprint density at radius 1 is 1.20 bits per heavy atom. The summed E-state index contributed by atoms with van der Waals surface area (Å²) < 4.78 is 11.1. The molecule has 3 aromatic heterocycles. The maximum atomic E-state index is 13.6. The molecule has 0 spiro atoms. The summed E-state index contributed by atoms with van der Waals surface area (Å²) in [4.78, 5) is 35.2. The van der Waals surface area contributed by atoms with Crippen molar-refractivity contribution >= 4 is 35.0 Å². The Kier molecular flexibility index (Phi) is 5.62. The van der Waals surface area contributed by atoms with Crippen molar-refractivity contribution in [3.8, 4) is 17.3 Å². The third kappa shape index (κ3) is 4.23. The van der Waals surface area contributed by atoms with E-state index in [-0.39, 0.29) is 24.2 Å². The highest BCUT2D eigenvalue weighted by Gasteiger charge is 2.41. The van der Waals surface area contributed by atoms with Gasteiger partial charge in [-0.15, -0.1) is 0 Å². The Morgan fingerprint density at radius 2 is 2.09 bits per heavy atom. The van der Waals surface area contributed by atoms with Crippen molar-refractivity contribution in [2.45, 2.75) is 31.9 Å². The van der Waals surface area contributed by atoms with Crippen molar-refractivity contribution < 1.29 is 14.3 Å². The molecule has 2 bridgehead atoms. The number of ether oxygens (including phenoxy) is 2. The highest BCUT2D eigenvalue weighted by Crippen LogP contribution is 2.43. The van der Waals surface area contributed by atoms with Gasteiger partial charge in [0.2, 0.25) is 0 Å². The summed E-state index contributed by atoms with van der Waals surface area (Å²) in [6.45, 7) is 4.65. The molecule has 3 aliphatic heterocycles. The number of hydrogen-bond donors (Lipinski definition) is 1. The zero-order chi connectivity index (χ0) is 23.9. The lowest BCUT2D eigenvalue weighted by Gasteiger charge is -2.36. The van der Waals surface area contributed by atoms with Gasteiger partial charge in [0.15, 0.2) is 5.82 Å². The number of pyridine rings is 2. The van der Waals surface area contributed by atoms with Crippen molar-refractivity contribution in [1.82, 2.24) is 19.9 Å². The second-order valence-corrected chi connectivity index (χ2v) is 9.27. The number of aryl methyl sites for hydroxylation is 1. The van der Waals surface area contributed by atoms with E-state index >= 15 is 0 Å². The standard InChI is InChI=1S/C24H24ClN7O3/c1-14-10-15(2-6-26-14)21-18(25)11-19-22(30-21)32(16-4-8-31(19)12-16)24(33)29-20-3-7-27-23(28-20)35-17-5-9-34-13-17/h2-3,6-7,10-11,16-17H,4-5,8-9,12-13H2,1H3,(H,27,28,29,33)/t16?,17-/m1/s1. The van der Waals surface area contributed by atoms with Crippen molar-refractivity contribution in [2.24, 2.45) is 0 Å². The maximum absolute atomic E-state index is 13.6. The lowest BCUT2D eigenvalue weighted by molar-refractivity contribution is 0.134. The van der Waals surface area contributed by atoms with E-state index in [0.29, 0.717) is 35.6 Å². The lowest BCUT2D eigenvalue weighted by Crippen LogP contribution is -2.48. The van der Waals surface area contributed by atoms with E-state index in [1.807, 2.05) is 25.1 Å². The molecule has 6 rings (SSSR count). The number of carbonyl (C=O) groups is 1. The van der Waals surface area contributed by atoms with Crippen LogP contribution in [0.1, 0.15) is 18.5 Å². The van der Waals surface area contributed by atoms with E-state index in [1.54, 1.807) is 23.4 Å². The molecular weight excluding hydrogens is 470 g/mol. The Morgan fingerprint density at radius 3 is 2.91 bits per heavy atom. The van der Waals surface area contributed by atoms with Crippen LogP contribution in [-0.2, 0) is 4.74 Å². The van der Waals surface area contributed by atoms with Crippen LogP contribution in [0.3, 0.4) is 0 Å². The third-order valence-electron chi connectivity index (χ3n) is 6.45. The number of rotatable bonds is 4. The first kappa shape index (κ1) is 22.0. The normalized spacial score (nSPS) is 20.6. The minimum absolute atomic E-state index is 0.00334. The average Bonchev–Trinajstić information content (AvgIpc) is 3.50. The predicted octanol–water partition coefficient (Wildman–Crippen LogP) is 3.69. The molecule has 1 unspecified atom stereocenters. The predicted molar refractivity (Wildman–Crippen MR) is 131 cm³/mol. The summed E-state index contributed by atoms with van der Waals surface area (Å²) in [5.41, 5.74) is 3.18. The molecule has 0 aromatic carbocycles. The van der Waals surface area contributed by atoms with E-state index in [0.717, 1.165) is 42.9 Å². The zero-order valence-electron chi connectivity index (χ0n) is 19.1. The molecule has 3 aliphatic rings. The van der Waals surface area contributed by atoms with Crippen LogP contribution < -0.4 is 19.9 Å². The first-order valence-electron chi connectivity index (χ1n) is 11.6. The second kappa shape index (κ2) is 8.94. The molecule has 0 aliphatic carbocycles. The van der Waals surface area contributed by atoms with Gasteiger partial charge in [-0.1, -0.05) is 11.6 Å². The smallest absolute Gasteiger partial charge is 0.329 e. The first-order valence-corrected chi connectivity index (χ1v) is 12.0. The maximum Gasteiger partial charge on any atom is 0.329 e. The van der Waals surface area contributed by atoms with Crippen LogP contribution in [0.5, 0.6) is 6.01 Å². The summed E-state index contributed by atoms with van der Waals surface area (Å²) in [6.07, 6.45) is 4.84. The van der Waals surface area contributed by atoms with Crippen molar-refractivity contribution in [3.05, 3.63) is 47.4 Å². The molecule has 35 heavy (non-hydrogen) atoms. The zero-order valence-corrected chi connectivity index (χ0v) is 19.9. The molecule has 2 fully saturated rings. The van der Waals surface area contributed by atoms with Gasteiger partial charge in [0, 0.05) is 43.2 Å². The summed E-state index contributed by atoms with van der Waals surface area (Å²) in [7, 11) is 0. The molecular formula is C24H24ClN7O3. The number of anilines is 3. The van der Waals surface area contributed by atoms with Gasteiger partial charge in [0.25, 0.3) is 0 Å². The average molecular weight is 494 g/mol. The van der Waals surface area contributed by atoms with E-state index in [9.17, 15) is 4.79 Å². The molecule has 2 saturated heterocycles. The van der Waals surface area contributed by atoms with E-state index in [2.05, 4.69) is 25.2 Å². The number of hydrogen-bond acceptors (Lipinski definition) is 8. The highest BCUT2D eigenvalue weighted by molar-refractivity contribution is 6.33. The van der Waals surface area contributed by atoms with Gasteiger partial charge in [-0.05, 0) is 37.6 Å². The molecule has 180 valence electrons. The van der Waals surface area contributed by atoms with Gasteiger partial charge in [0.05, 0.1) is 35.7 Å². The fourth-order valence-electron chi connectivity index (χ4n) is 4.77. The van der Waals surface area contributed by atoms with Gasteiger partial charge < -0.3 is 14.4 Å². The number of urea groups is 1. The molecule has 2 atom stereocenters. The van der Waals surface area contributed by atoms with Crippen molar-refractivity contribution in [1.29, 1.82) is 0 Å². The summed E-state index contributed by atoms with van der Waals surface area (Å²) >= 11 is 6.66. The van der Waals surface area contributed by atoms with Crippen LogP contribution in [-0.4, -0.2) is 64.4 Å². The largest absolute Gasteiger partial charge is 0.458 e. The molecule has 1 N–H and O–H groups in total. The van der Waals surface area contributed by atoms with Crippen LogP contribution in [0.25, 0.3) is 11.3 Å². The van der Waals surface area contributed by atoms with Gasteiger partial charge >= 0.3 is 12.0 Å². The van der Waals surface area contributed by atoms with Crippen molar-refractivity contribution in [3.63, 3.8) is 0 Å². The number of nitrogens with zero attached hydrogens (tertiary/aromatic N) is 6. The molecule has 2 amide bonds. The Hall–Kier alpha value is -3.50. The van der Waals surface area contributed by atoms with Crippen LogP contribution in [0.15, 0.2) is 36.7 Å². The fraction of sp³-hybridized carbons (Fsp3) is 0.375. The summed E-state index contributed by atoms with van der Waals surface area (Å²) in [5, 5.41) is 3.44. The van der Waals surface area contributed by atoms with Crippen LogP contribution in [0.2, 0.25) is 5.02 Å². The molecule has 6 heterocycles. The van der Waals surface area contributed by atoms with Gasteiger partial charge in [-0.3, -0.25) is 15.2 Å². The molecule has 3 aromatic rings. The van der Waals surface area contributed by atoms with E-state index in [1.165, 1.54) is 0 Å². The minimum Gasteiger partial charge on any atom is -0.458 e. The van der Waals surface area contributed by atoms with Crippen molar-refractivity contribution in [2.75, 3.05) is 41.4 Å². The Balaban J connectivity index is 1.31. The number of fused-ring (bicyclic) bond motifs is 4. The van der Waals surface area contributed by atoms with E-state index < -0.39 is 0 Å². The fourth-order valence-corrected chi connectivity index (χ4v) is 5.03. The minimum atomic E-state index is -0.307. The van der Waals surface area contributed by atoms with Gasteiger partial charge in [-0.25, -0.2) is 14.8 Å². The topological polar surface area (TPSA) is 106 Å². The molecule has 0 saturated carbocycles. The molecule has 11 heteroatoms. The monoisotopic (exact) mass is 493 g/mol. The number of aromatic nitrogens is 4. The highest BCUT2D eigenvalue weighted by atomic mass is 35.5. The SMILES string of the molecule is Cc1cc(-c2nc3c(cc2Cl)N2CCC(C2)N3C(=O)Nc2ccnc(O[C@@H]3CCOC3)n2)ccn1. The van der Waals surface area contributed by atoms with Crippen LogP contribution in [0.4, 0.5) is 22.1 Å². The number of halogens is 1. The summed E-state index contributed by atoms with van der Waals surface area (Å²) in [6, 6.07) is 7.24. The Labute approximate surface area is 207 Å².